The second kappa shape index (κ2) is 7.77. The fourth-order valence-electron chi connectivity index (χ4n) is 1.98. The summed E-state index contributed by atoms with van der Waals surface area (Å²) < 4.78 is 5.17. The summed E-state index contributed by atoms with van der Waals surface area (Å²) in [6.45, 7) is 7.66. The minimum absolute atomic E-state index is 0.0289. The van der Waals surface area contributed by atoms with Crippen molar-refractivity contribution in [3.05, 3.63) is 39.4 Å². The highest BCUT2D eigenvalue weighted by molar-refractivity contribution is 5.67. The predicted molar refractivity (Wildman–Crippen MR) is 84.8 cm³/mol. The average Bonchev–Trinajstić information content (AvgIpc) is 2.41. The fourth-order valence-corrected chi connectivity index (χ4v) is 1.98. The van der Waals surface area contributed by atoms with E-state index in [4.69, 9.17) is 4.74 Å². The van der Waals surface area contributed by atoms with Gasteiger partial charge in [-0.3, -0.25) is 10.1 Å². The Kier molecular flexibility index (Phi) is 6.34. The number of nitrogens with one attached hydrogen (secondary N) is 1. The number of rotatable bonds is 6. The molecular formula is C16H24N2O4. The van der Waals surface area contributed by atoms with E-state index in [1.54, 1.807) is 26.8 Å². The van der Waals surface area contributed by atoms with E-state index in [0.717, 1.165) is 30.4 Å². The van der Waals surface area contributed by atoms with Crippen LogP contribution in [0.5, 0.6) is 0 Å². The summed E-state index contributed by atoms with van der Waals surface area (Å²) in [5.41, 5.74) is 1.23. The van der Waals surface area contributed by atoms with E-state index in [1.807, 2.05) is 0 Å². The number of non-ortho nitro benzene ring substituents is 1. The van der Waals surface area contributed by atoms with Gasteiger partial charge in [-0.2, -0.15) is 0 Å². The van der Waals surface area contributed by atoms with Crippen LogP contribution >= 0.6 is 0 Å². The number of carbonyl (C=O) groups is 1. The Morgan fingerprint density at radius 1 is 1.32 bits per heavy atom. The van der Waals surface area contributed by atoms with Crippen LogP contribution < -0.4 is 5.32 Å². The number of aryl methyl sites for hydroxylation is 1. The zero-order valence-corrected chi connectivity index (χ0v) is 13.6. The zero-order valence-electron chi connectivity index (χ0n) is 13.6. The van der Waals surface area contributed by atoms with Crippen LogP contribution in [0.15, 0.2) is 18.2 Å². The third-order valence-corrected chi connectivity index (χ3v) is 3.02. The second-order valence-electron chi connectivity index (χ2n) is 6.17. The summed E-state index contributed by atoms with van der Waals surface area (Å²) in [4.78, 5) is 22.2. The van der Waals surface area contributed by atoms with Gasteiger partial charge in [-0.1, -0.05) is 19.4 Å². The number of alkyl carbamates (subject to hydrolysis) is 1. The number of nitro groups is 1. The highest BCUT2D eigenvalue weighted by Gasteiger charge is 2.17. The first-order valence-corrected chi connectivity index (χ1v) is 7.46. The standard InChI is InChI=1S/C16H24N2O4/c1-5-6-7-12-8-9-14(18(20)21)10-13(12)11-17-15(19)22-16(2,3)4/h8-10H,5-7,11H2,1-4H3,(H,17,19). The molecule has 0 fully saturated rings. The summed E-state index contributed by atoms with van der Waals surface area (Å²) in [5, 5.41) is 13.6. The van der Waals surface area contributed by atoms with Crippen LogP contribution in [0.1, 0.15) is 51.7 Å². The van der Waals surface area contributed by atoms with Gasteiger partial charge in [-0.25, -0.2) is 4.79 Å². The molecule has 22 heavy (non-hydrogen) atoms. The summed E-state index contributed by atoms with van der Waals surface area (Å²) >= 11 is 0. The van der Waals surface area contributed by atoms with Gasteiger partial charge < -0.3 is 10.1 Å². The molecule has 0 aliphatic heterocycles. The van der Waals surface area contributed by atoms with Crippen molar-refractivity contribution in [1.29, 1.82) is 0 Å². The van der Waals surface area contributed by atoms with Gasteiger partial charge in [0, 0.05) is 18.7 Å². The van der Waals surface area contributed by atoms with Crippen molar-refractivity contribution in [3.63, 3.8) is 0 Å². The van der Waals surface area contributed by atoms with Crippen LogP contribution in [-0.4, -0.2) is 16.6 Å². The van der Waals surface area contributed by atoms with Gasteiger partial charge in [0.1, 0.15) is 5.60 Å². The van der Waals surface area contributed by atoms with Gasteiger partial charge in [-0.15, -0.1) is 0 Å². The quantitative estimate of drug-likeness (QED) is 0.637. The zero-order chi connectivity index (χ0) is 16.8. The van der Waals surface area contributed by atoms with Crippen LogP contribution in [0.25, 0.3) is 0 Å². The smallest absolute Gasteiger partial charge is 0.407 e. The lowest BCUT2D eigenvalue weighted by atomic mass is 10.0. The summed E-state index contributed by atoms with van der Waals surface area (Å²) in [6, 6.07) is 4.78. The molecule has 0 saturated heterocycles. The highest BCUT2D eigenvalue weighted by Crippen LogP contribution is 2.20. The maximum atomic E-state index is 11.7. The highest BCUT2D eigenvalue weighted by atomic mass is 16.6. The number of carbonyl (C=O) groups excluding carboxylic acids is 1. The lowest BCUT2D eigenvalue weighted by molar-refractivity contribution is -0.384. The molecule has 6 nitrogen and oxygen atoms in total. The lowest BCUT2D eigenvalue weighted by Gasteiger charge is -2.20. The Hall–Kier alpha value is -2.11. The van der Waals surface area contributed by atoms with E-state index in [0.29, 0.717) is 0 Å². The molecule has 0 aliphatic rings. The minimum Gasteiger partial charge on any atom is -0.444 e. The summed E-state index contributed by atoms with van der Waals surface area (Å²) in [7, 11) is 0. The molecule has 0 spiro atoms. The number of unbranched alkanes of at least 4 members (excludes halogenated alkanes) is 1. The Morgan fingerprint density at radius 2 is 2.00 bits per heavy atom. The Morgan fingerprint density at radius 3 is 2.55 bits per heavy atom. The van der Waals surface area contributed by atoms with Gasteiger partial charge in [0.2, 0.25) is 0 Å². The fraction of sp³-hybridized carbons (Fsp3) is 0.562. The first-order chi connectivity index (χ1) is 10.2. The van der Waals surface area contributed by atoms with Gasteiger partial charge in [-0.05, 0) is 44.7 Å². The number of hydrogen-bond donors (Lipinski definition) is 1. The molecule has 0 aliphatic carbocycles. The third-order valence-electron chi connectivity index (χ3n) is 3.02. The molecule has 1 rings (SSSR count). The molecule has 0 aromatic heterocycles. The van der Waals surface area contributed by atoms with Crippen molar-refractivity contribution >= 4 is 11.8 Å². The molecule has 0 unspecified atom stereocenters. The van der Waals surface area contributed by atoms with E-state index in [1.165, 1.54) is 12.1 Å². The molecule has 0 saturated carbocycles. The van der Waals surface area contributed by atoms with E-state index in [9.17, 15) is 14.9 Å². The van der Waals surface area contributed by atoms with Crippen molar-refractivity contribution in [2.75, 3.05) is 0 Å². The van der Waals surface area contributed by atoms with E-state index in [2.05, 4.69) is 12.2 Å². The minimum atomic E-state index is -0.572. The monoisotopic (exact) mass is 308 g/mol. The van der Waals surface area contributed by atoms with Gasteiger partial charge in [0.05, 0.1) is 4.92 Å². The first kappa shape index (κ1) is 17.9. The van der Waals surface area contributed by atoms with Gasteiger partial charge >= 0.3 is 6.09 Å². The molecule has 0 bridgehead atoms. The second-order valence-corrected chi connectivity index (χ2v) is 6.17. The number of benzene rings is 1. The molecule has 1 amide bonds. The normalized spacial score (nSPS) is 11.1. The molecule has 6 heteroatoms. The lowest BCUT2D eigenvalue weighted by Crippen LogP contribution is -2.32. The molecular weight excluding hydrogens is 284 g/mol. The molecule has 0 atom stereocenters. The van der Waals surface area contributed by atoms with Crippen molar-refractivity contribution < 1.29 is 14.5 Å². The van der Waals surface area contributed by atoms with Crippen LogP contribution in [-0.2, 0) is 17.7 Å². The Balaban J connectivity index is 2.82. The van der Waals surface area contributed by atoms with Gasteiger partial charge in [0.25, 0.3) is 5.69 Å². The maximum absolute atomic E-state index is 11.7. The molecule has 1 N–H and O–H groups in total. The van der Waals surface area contributed by atoms with Crippen LogP contribution in [0.2, 0.25) is 0 Å². The first-order valence-electron chi connectivity index (χ1n) is 7.46. The molecule has 122 valence electrons. The van der Waals surface area contributed by atoms with Crippen molar-refractivity contribution in [2.24, 2.45) is 0 Å². The number of ether oxygens (including phenoxy) is 1. The van der Waals surface area contributed by atoms with Crippen molar-refractivity contribution in [1.82, 2.24) is 5.32 Å². The van der Waals surface area contributed by atoms with E-state index in [-0.39, 0.29) is 12.2 Å². The van der Waals surface area contributed by atoms with Gasteiger partial charge in [0.15, 0.2) is 0 Å². The van der Waals surface area contributed by atoms with Crippen LogP contribution in [0, 0.1) is 10.1 Å². The Bertz CT molecular complexity index is 535. The third kappa shape index (κ3) is 6.11. The largest absolute Gasteiger partial charge is 0.444 e. The molecule has 0 radical (unpaired) electrons. The van der Waals surface area contributed by atoms with Crippen LogP contribution in [0.3, 0.4) is 0 Å². The number of amides is 1. The topological polar surface area (TPSA) is 81.5 Å². The van der Waals surface area contributed by atoms with Crippen molar-refractivity contribution in [2.45, 2.75) is 59.1 Å². The number of nitro benzene ring substituents is 1. The molecule has 1 aromatic carbocycles. The number of nitrogens with zero attached hydrogens (tertiary/aromatic N) is 1. The summed E-state index contributed by atoms with van der Waals surface area (Å²) in [6.07, 6.45) is 2.34. The Labute approximate surface area is 131 Å². The van der Waals surface area contributed by atoms with E-state index < -0.39 is 16.6 Å². The maximum Gasteiger partial charge on any atom is 0.407 e. The van der Waals surface area contributed by atoms with Crippen molar-refractivity contribution in [3.8, 4) is 0 Å². The predicted octanol–water partition coefficient (Wildman–Crippen LogP) is 3.96. The van der Waals surface area contributed by atoms with Crippen LogP contribution in [0.4, 0.5) is 10.5 Å². The summed E-state index contributed by atoms with van der Waals surface area (Å²) in [5.74, 6) is 0. The molecule has 0 heterocycles. The number of hydrogen-bond acceptors (Lipinski definition) is 4. The SMILES string of the molecule is CCCCc1ccc([N+](=O)[O-])cc1CNC(=O)OC(C)(C)C. The van der Waals surface area contributed by atoms with E-state index >= 15 is 0 Å². The molecule has 1 aromatic rings. The average molecular weight is 308 g/mol.